The molecule has 1 atom stereocenters. The molecule has 2 heterocycles. The van der Waals surface area contributed by atoms with Crippen molar-refractivity contribution < 1.29 is 14.3 Å². The van der Waals surface area contributed by atoms with Crippen LogP contribution in [0.4, 0.5) is 4.79 Å². The van der Waals surface area contributed by atoms with Gasteiger partial charge >= 0.3 is 6.09 Å². The van der Waals surface area contributed by atoms with Crippen molar-refractivity contribution >= 4 is 6.09 Å². The quantitative estimate of drug-likeness (QED) is 0.782. The van der Waals surface area contributed by atoms with Crippen molar-refractivity contribution in [3.8, 4) is 5.88 Å². The van der Waals surface area contributed by atoms with Crippen LogP contribution in [0.25, 0.3) is 0 Å². The predicted octanol–water partition coefficient (Wildman–Crippen LogP) is 3.16. The summed E-state index contributed by atoms with van der Waals surface area (Å²) in [6, 6.07) is 4.84. The molecule has 0 aromatic carbocycles. The number of rotatable bonds is 6. The smallest absolute Gasteiger partial charge is 0.411 e. The van der Waals surface area contributed by atoms with Crippen molar-refractivity contribution in [1.82, 2.24) is 25.1 Å². The zero-order valence-corrected chi connectivity index (χ0v) is 15.8. The molecule has 140 valence electrons. The Bertz CT molecular complexity index is 701. The van der Waals surface area contributed by atoms with Crippen molar-refractivity contribution in [3.63, 3.8) is 0 Å². The molecule has 0 aliphatic carbocycles. The summed E-state index contributed by atoms with van der Waals surface area (Å²) in [5.74, 6) is 0.969. The third-order valence-corrected chi connectivity index (χ3v) is 3.37. The van der Waals surface area contributed by atoms with Gasteiger partial charge in [0.1, 0.15) is 5.60 Å². The molecular formula is C18H25N5O3. The summed E-state index contributed by atoms with van der Waals surface area (Å²) in [5.41, 5.74) is -0.000938. The van der Waals surface area contributed by atoms with E-state index in [0.29, 0.717) is 24.0 Å². The number of carbonyl (C=O) groups excluding carboxylic acids is 1. The second-order valence-electron chi connectivity index (χ2n) is 6.69. The molecule has 0 aliphatic rings. The molecule has 1 amide bonds. The maximum atomic E-state index is 12.7. The zero-order valence-electron chi connectivity index (χ0n) is 15.8. The van der Waals surface area contributed by atoms with Crippen LogP contribution in [0, 0.1) is 0 Å². The molecule has 0 fully saturated rings. The van der Waals surface area contributed by atoms with Crippen LogP contribution in [0.2, 0.25) is 0 Å². The molecule has 0 radical (unpaired) electrons. The Labute approximate surface area is 153 Å². The minimum atomic E-state index is -0.614. The van der Waals surface area contributed by atoms with E-state index in [1.807, 2.05) is 34.6 Å². The number of hydrogen-bond donors (Lipinski definition) is 0. The third kappa shape index (κ3) is 5.65. The maximum Gasteiger partial charge on any atom is 0.411 e. The summed E-state index contributed by atoms with van der Waals surface area (Å²) >= 11 is 0. The fourth-order valence-corrected chi connectivity index (χ4v) is 2.18. The molecule has 0 N–H and O–H groups in total. The largest absolute Gasteiger partial charge is 0.477 e. The molecule has 0 unspecified atom stereocenters. The first-order valence-electron chi connectivity index (χ1n) is 8.52. The third-order valence-electron chi connectivity index (χ3n) is 3.37. The number of ether oxygens (including phenoxy) is 2. The molecule has 2 rings (SSSR count). The van der Waals surface area contributed by atoms with Gasteiger partial charge in [0.15, 0.2) is 5.82 Å². The van der Waals surface area contributed by atoms with E-state index in [0.717, 1.165) is 0 Å². The highest BCUT2D eigenvalue weighted by Crippen LogP contribution is 2.22. The Balaban J connectivity index is 2.23. The van der Waals surface area contributed by atoms with Gasteiger partial charge in [-0.2, -0.15) is 5.10 Å². The molecule has 0 saturated heterocycles. The molecule has 0 saturated carbocycles. The monoisotopic (exact) mass is 359 g/mol. The molecule has 8 nitrogen and oxygen atoms in total. The van der Waals surface area contributed by atoms with Crippen LogP contribution in [0.1, 0.15) is 52.2 Å². The molecule has 0 spiro atoms. The average molecular weight is 359 g/mol. The molecule has 8 heteroatoms. The highest BCUT2D eigenvalue weighted by molar-refractivity contribution is 5.68. The maximum absolute atomic E-state index is 12.7. The topological polar surface area (TPSA) is 90.3 Å². The van der Waals surface area contributed by atoms with Crippen LogP contribution < -0.4 is 4.74 Å². The lowest BCUT2D eigenvalue weighted by Gasteiger charge is -2.30. The van der Waals surface area contributed by atoms with Gasteiger partial charge in [-0.3, -0.25) is 4.90 Å². The molecule has 2 aromatic heterocycles. The normalized spacial score (nSPS) is 12.3. The van der Waals surface area contributed by atoms with E-state index in [4.69, 9.17) is 9.47 Å². The number of amides is 1. The van der Waals surface area contributed by atoms with Gasteiger partial charge in [0.25, 0.3) is 0 Å². The summed E-state index contributed by atoms with van der Waals surface area (Å²) in [6.45, 7) is 9.92. The van der Waals surface area contributed by atoms with E-state index >= 15 is 0 Å². The van der Waals surface area contributed by atoms with Gasteiger partial charge in [0.2, 0.25) is 5.88 Å². The Kier molecular flexibility index (Phi) is 6.43. The minimum Gasteiger partial charge on any atom is -0.477 e. The molecule has 0 aliphatic heterocycles. The highest BCUT2D eigenvalue weighted by atomic mass is 16.6. The standard InChI is InChI=1S/C18H25N5O3/c1-6-25-15-9-8-14(21-22-15)12-23(17(24)26-18(3,4)5)13(2)16-19-10-7-11-20-16/h7-11,13H,6,12H2,1-5H3/t13-/m1/s1. The Morgan fingerprint density at radius 1 is 1.19 bits per heavy atom. The fourth-order valence-electron chi connectivity index (χ4n) is 2.18. The van der Waals surface area contributed by atoms with E-state index in [1.54, 1.807) is 30.6 Å². The van der Waals surface area contributed by atoms with Crippen LogP contribution in [0.5, 0.6) is 5.88 Å². The van der Waals surface area contributed by atoms with Gasteiger partial charge in [0.05, 0.1) is 24.9 Å². The summed E-state index contributed by atoms with van der Waals surface area (Å²) in [7, 11) is 0. The van der Waals surface area contributed by atoms with Gasteiger partial charge in [-0.25, -0.2) is 14.8 Å². The van der Waals surface area contributed by atoms with Gasteiger partial charge in [-0.1, -0.05) is 0 Å². The Morgan fingerprint density at radius 2 is 1.88 bits per heavy atom. The van der Waals surface area contributed by atoms with Gasteiger partial charge in [-0.15, -0.1) is 5.10 Å². The lowest BCUT2D eigenvalue weighted by atomic mass is 10.2. The number of hydrogen-bond acceptors (Lipinski definition) is 7. The SMILES string of the molecule is CCOc1ccc(CN(C(=O)OC(C)(C)C)[C@H](C)c2ncccn2)nn1. The summed E-state index contributed by atoms with van der Waals surface area (Å²) in [5, 5.41) is 8.13. The first-order chi connectivity index (χ1) is 12.3. The zero-order chi connectivity index (χ0) is 19.2. The second-order valence-corrected chi connectivity index (χ2v) is 6.69. The van der Waals surface area contributed by atoms with Gasteiger partial charge in [0, 0.05) is 18.5 Å². The fraction of sp³-hybridized carbons (Fsp3) is 0.500. The predicted molar refractivity (Wildman–Crippen MR) is 95.4 cm³/mol. The first kappa shape index (κ1) is 19.6. The van der Waals surface area contributed by atoms with E-state index < -0.39 is 11.7 Å². The van der Waals surface area contributed by atoms with Crippen molar-refractivity contribution in [2.75, 3.05) is 6.61 Å². The van der Waals surface area contributed by atoms with Crippen LogP contribution in [-0.4, -0.2) is 43.4 Å². The summed E-state index contributed by atoms with van der Waals surface area (Å²) < 4.78 is 10.8. The van der Waals surface area contributed by atoms with E-state index in [2.05, 4.69) is 20.2 Å². The molecule has 0 bridgehead atoms. The number of nitrogens with zero attached hydrogens (tertiary/aromatic N) is 5. The van der Waals surface area contributed by atoms with Crippen molar-refractivity contribution in [2.45, 2.75) is 52.8 Å². The summed E-state index contributed by atoms with van der Waals surface area (Å²) in [6.07, 6.45) is 2.82. The van der Waals surface area contributed by atoms with Crippen molar-refractivity contribution in [3.05, 3.63) is 42.1 Å². The molecular weight excluding hydrogens is 334 g/mol. The Morgan fingerprint density at radius 3 is 2.42 bits per heavy atom. The van der Waals surface area contributed by atoms with Gasteiger partial charge < -0.3 is 9.47 Å². The van der Waals surface area contributed by atoms with E-state index in [1.165, 1.54) is 4.90 Å². The summed E-state index contributed by atoms with van der Waals surface area (Å²) in [4.78, 5) is 22.7. The van der Waals surface area contributed by atoms with E-state index in [9.17, 15) is 4.79 Å². The minimum absolute atomic E-state index is 0.216. The van der Waals surface area contributed by atoms with E-state index in [-0.39, 0.29) is 12.6 Å². The van der Waals surface area contributed by atoms with Crippen molar-refractivity contribution in [2.24, 2.45) is 0 Å². The number of carbonyl (C=O) groups is 1. The van der Waals surface area contributed by atoms with Crippen LogP contribution in [-0.2, 0) is 11.3 Å². The van der Waals surface area contributed by atoms with Crippen LogP contribution in [0.15, 0.2) is 30.6 Å². The highest BCUT2D eigenvalue weighted by Gasteiger charge is 2.28. The van der Waals surface area contributed by atoms with Gasteiger partial charge in [-0.05, 0) is 46.8 Å². The molecule has 26 heavy (non-hydrogen) atoms. The average Bonchev–Trinajstić information content (AvgIpc) is 2.60. The number of aromatic nitrogens is 4. The lowest BCUT2D eigenvalue weighted by Crippen LogP contribution is -2.38. The van der Waals surface area contributed by atoms with Crippen LogP contribution in [0.3, 0.4) is 0 Å². The first-order valence-corrected chi connectivity index (χ1v) is 8.52. The molecule has 2 aromatic rings. The second kappa shape index (κ2) is 8.55. The van der Waals surface area contributed by atoms with Crippen LogP contribution >= 0.6 is 0 Å². The van der Waals surface area contributed by atoms with Crippen molar-refractivity contribution in [1.29, 1.82) is 0 Å². The Hall–Kier alpha value is -2.77. The lowest BCUT2D eigenvalue weighted by molar-refractivity contribution is 0.0141.